The maximum atomic E-state index is 7.24. The number of benzene rings is 3. The highest BCUT2D eigenvalue weighted by molar-refractivity contribution is 7.15. The van der Waals surface area contributed by atoms with Crippen molar-refractivity contribution in [2.45, 2.75) is 104 Å². The fraction of sp³-hybridized carbons (Fsp3) is 0.471. The lowest BCUT2D eigenvalue weighted by molar-refractivity contribution is 0.606. The second-order valence-corrected chi connectivity index (χ2v) is 16.9. The summed E-state index contributed by atoms with van der Waals surface area (Å²) in [5.41, 5.74) is 0.908. The number of halogens is 8. The monoisotopic (exact) mass is 842 g/mol. The molecule has 0 aliphatic heterocycles. The predicted octanol–water partition coefficient (Wildman–Crippen LogP) is 16.1. The first-order valence-corrected chi connectivity index (χ1v) is 20.9. The molecular weight excluding hydrogens is 812 g/mol. The van der Waals surface area contributed by atoms with Crippen LogP contribution in [0.25, 0.3) is 42.7 Å². The van der Waals surface area contributed by atoms with E-state index < -0.39 is 0 Å². The Bertz CT molecular complexity index is 1920. The topological polar surface area (TPSA) is 51.6 Å². The van der Waals surface area contributed by atoms with E-state index in [9.17, 15) is 0 Å². The Morgan fingerprint density at radius 1 is 0.375 bits per heavy atom. The van der Waals surface area contributed by atoms with E-state index >= 15 is 0 Å². The molecule has 3 aromatic carbocycles. The Morgan fingerprint density at radius 2 is 0.771 bits per heavy atom. The normalized spacial score (nSPS) is 11.9. The van der Waals surface area contributed by atoms with Crippen LogP contribution < -0.4 is 0 Å². The van der Waals surface area contributed by atoms with Crippen LogP contribution in [0.15, 0.2) is 0 Å². The molecule has 0 aliphatic rings. The second kappa shape index (κ2) is 17.9. The SMILES string of the molecule is CCCCCCCCc1nnc(-c2c(Cl)c(Cl)c3c(Cl)c(Cl)c4c(-c5nnc(CCCCCCCC)s5)c(Cl)c(Cl)c(Cl)c4c3c2Cl)s1. The molecule has 0 unspecified atom stereocenters. The van der Waals surface area contributed by atoms with Gasteiger partial charge in [-0.3, -0.25) is 0 Å². The molecule has 14 heteroatoms. The van der Waals surface area contributed by atoms with Crippen LogP contribution in [0.3, 0.4) is 0 Å². The average Bonchev–Trinajstić information content (AvgIpc) is 3.74. The molecule has 0 spiro atoms. The van der Waals surface area contributed by atoms with Crippen LogP contribution in [0.4, 0.5) is 0 Å². The summed E-state index contributed by atoms with van der Waals surface area (Å²) in [4.78, 5) is 0. The number of fused-ring (bicyclic) bond motifs is 3. The largest absolute Gasteiger partial charge is 0.150 e. The lowest BCUT2D eigenvalue weighted by atomic mass is 9.96. The summed E-state index contributed by atoms with van der Waals surface area (Å²) < 4.78 is 0. The highest BCUT2D eigenvalue weighted by Crippen LogP contribution is 2.57. The average molecular weight is 846 g/mol. The first-order valence-electron chi connectivity index (χ1n) is 16.2. The zero-order valence-corrected chi connectivity index (χ0v) is 34.2. The van der Waals surface area contributed by atoms with Crippen LogP contribution >= 0.6 is 115 Å². The van der Waals surface area contributed by atoms with Crippen LogP contribution in [0.5, 0.6) is 0 Å². The van der Waals surface area contributed by atoms with E-state index in [-0.39, 0.29) is 40.2 Å². The quantitative estimate of drug-likeness (QED) is 0.0430. The minimum atomic E-state index is 0.119. The van der Waals surface area contributed by atoms with E-state index in [0.717, 1.165) is 48.5 Å². The number of hydrogen-bond donors (Lipinski definition) is 0. The Kier molecular flexibility index (Phi) is 14.5. The van der Waals surface area contributed by atoms with E-state index in [0.29, 0.717) is 42.7 Å². The molecule has 0 aliphatic carbocycles. The molecule has 0 atom stereocenters. The van der Waals surface area contributed by atoms with Crippen molar-refractivity contribution < 1.29 is 0 Å². The number of hydrogen-bond acceptors (Lipinski definition) is 6. The van der Waals surface area contributed by atoms with Crippen LogP contribution in [-0.4, -0.2) is 20.4 Å². The molecule has 48 heavy (non-hydrogen) atoms. The van der Waals surface area contributed by atoms with Crippen molar-refractivity contribution in [1.29, 1.82) is 0 Å². The third-order valence-electron chi connectivity index (χ3n) is 8.38. The van der Waals surface area contributed by atoms with Gasteiger partial charge in [-0.25, -0.2) is 0 Å². The fourth-order valence-corrected chi connectivity index (χ4v) is 10.3. The van der Waals surface area contributed by atoms with Crippen molar-refractivity contribution in [1.82, 2.24) is 20.4 Å². The van der Waals surface area contributed by atoms with Crippen molar-refractivity contribution in [3.63, 3.8) is 0 Å². The number of unbranched alkanes of at least 4 members (excludes halogenated alkanes) is 10. The van der Waals surface area contributed by atoms with Gasteiger partial charge in [0.25, 0.3) is 0 Å². The summed E-state index contributed by atoms with van der Waals surface area (Å²) in [5.74, 6) is 0. The summed E-state index contributed by atoms with van der Waals surface area (Å²) in [5, 5.41) is 23.7. The lowest BCUT2D eigenvalue weighted by Crippen LogP contribution is -1.94. The standard InChI is InChI=1S/C34H34Cl8N4S2/c1-3-5-7-9-11-13-15-17-43-45-33(47-17)23-21-19(27(37)32(42)30(23)40)20-22(28(38)26(21)36)29(39)31(41)24(25(20)35)34-46-44-18(48-34)16-14-12-10-8-6-4-2/h3-16H2,1-2H3. The van der Waals surface area contributed by atoms with Crippen molar-refractivity contribution in [2.75, 3.05) is 0 Å². The number of rotatable bonds is 16. The maximum absolute atomic E-state index is 7.24. The van der Waals surface area contributed by atoms with Gasteiger partial charge in [0.1, 0.15) is 15.0 Å². The first kappa shape index (κ1) is 38.8. The zero-order valence-electron chi connectivity index (χ0n) is 26.5. The molecule has 0 fully saturated rings. The Morgan fingerprint density at radius 3 is 1.31 bits per heavy atom. The summed E-state index contributed by atoms with van der Waals surface area (Å²) in [7, 11) is 0. The molecule has 0 radical (unpaired) electrons. The molecule has 2 heterocycles. The van der Waals surface area contributed by atoms with Crippen LogP contribution in [-0.2, 0) is 12.8 Å². The molecule has 258 valence electrons. The van der Waals surface area contributed by atoms with Crippen LogP contribution in [0, 0.1) is 0 Å². The fourth-order valence-electron chi connectivity index (χ4n) is 5.85. The second-order valence-electron chi connectivity index (χ2n) is 11.8. The minimum Gasteiger partial charge on any atom is -0.143 e. The van der Waals surface area contributed by atoms with Crippen LogP contribution in [0.2, 0.25) is 40.2 Å². The summed E-state index contributed by atoms with van der Waals surface area (Å²) in [6.07, 6.45) is 15.8. The molecule has 5 aromatic rings. The van der Waals surface area contributed by atoms with E-state index in [1.165, 1.54) is 74.0 Å². The van der Waals surface area contributed by atoms with Gasteiger partial charge in [-0.2, -0.15) is 0 Å². The van der Waals surface area contributed by atoms with Gasteiger partial charge in [0.2, 0.25) is 0 Å². The van der Waals surface area contributed by atoms with E-state index in [1.807, 2.05) is 0 Å². The molecule has 4 nitrogen and oxygen atoms in total. The van der Waals surface area contributed by atoms with Crippen LogP contribution in [0.1, 0.15) is 101 Å². The molecule has 0 amide bonds. The van der Waals surface area contributed by atoms with Gasteiger partial charge in [0.05, 0.1) is 45.7 Å². The summed E-state index contributed by atoms with van der Waals surface area (Å²) in [6.45, 7) is 4.43. The molecule has 0 saturated heterocycles. The number of nitrogens with zero attached hydrogens (tertiary/aromatic N) is 4. The van der Waals surface area contributed by atoms with Gasteiger partial charge in [0.15, 0.2) is 5.01 Å². The van der Waals surface area contributed by atoms with E-state index in [4.69, 9.17) is 92.8 Å². The van der Waals surface area contributed by atoms with Crippen molar-refractivity contribution in [2.24, 2.45) is 0 Å². The van der Waals surface area contributed by atoms with E-state index in [1.54, 1.807) is 0 Å². The Balaban J connectivity index is 1.61. The maximum Gasteiger partial charge on any atom is 0.150 e. The molecule has 2 aromatic heterocycles. The molecule has 5 rings (SSSR count). The van der Waals surface area contributed by atoms with Crippen molar-refractivity contribution in [3.8, 4) is 21.1 Å². The third-order valence-corrected chi connectivity index (χ3v) is 13.8. The predicted molar refractivity (Wildman–Crippen MR) is 213 cm³/mol. The third kappa shape index (κ3) is 8.14. The van der Waals surface area contributed by atoms with E-state index in [2.05, 4.69) is 34.2 Å². The highest BCUT2D eigenvalue weighted by Gasteiger charge is 2.30. The van der Waals surface area contributed by atoms with Gasteiger partial charge in [-0.05, 0) is 12.8 Å². The summed E-state index contributed by atoms with van der Waals surface area (Å²) in [6, 6.07) is 0. The minimum absolute atomic E-state index is 0.119. The van der Waals surface area contributed by atoms with Gasteiger partial charge in [0, 0.05) is 39.9 Å². The Hall–Kier alpha value is -0.380. The highest BCUT2D eigenvalue weighted by atomic mass is 35.5. The molecular formula is C34H34Cl8N4S2. The zero-order chi connectivity index (χ0) is 34.5. The first-order chi connectivity index (χ1) is 23.1. The number of aryl methyl sites for hydroxylation is 2. The van der Waals surface area contributed by atoms with Crippen molar-refractivity contribution in [3.05, 3.63) is 50.2 Å². The smallest absolute Gasteiger partial charge is 0.143 e. The molecule has 0 bridgehead atoms. The van der Waals surface area contributed by atoms with Gasteiger partial charge in [-0.15, -0.1) is 20.4 Å². The Labute approximate surface area is 329 Å². The lowest BCUT2D eigenvalue weighted by Gasteiger charge is -2.20. The van der Waals surface area contributed by atoms with Gasteiger partial charge < -0.3 is 0 Å². The van der Waals surface area contributed by atoms with Crippen molar-refractivity contribution >= 4 is 137 Å². The number of aromatic nitrogens is 4. The van der Waals surface area contributed by atoms with Gasteiger partial charge >= 0.3 is 0 Å². The van der Waals surface area contributed by atoms with Gasteiger partial charge in [-0.1, -0.05) is 194 Å². The molecule has 0 N–H and O–H groups in total. The summed E-state index contributed by atoms with van der Waals surface area (Å²) >= 11 is 58.7. The molecule has 0 saturated carbocycles.